The molecule has 1 amide bonds. The lowest BCUT2D eigenvalue weighted by molar-refractivity contribution is -0.122. The molecule has 4 nitrogen and oxygen atoms in total. The zero-order valence-electron chi connectivity index (χ0n) is 14.9. The van der Waals surface area contributed by atoms with Crippen LogP contribution in [0.5, 0.6) is 5.75 Å². The number of thiocarbonyl (C=S) groups is 1. The van der Waals surface area contributed by atoms with Crippen LogP contribution in [-0.4, -0.2) is 34.4 Å². The van der Waals surface area contributed by atoms with E-state index in [1.54, 1.807) is 35.1 Å². The van der Waals surface area contributed by atoms with Gasteiger partial charge >= 0.3 is 0 Å². The third-order valence-electron chi connectivity index (χ3n) is 4.27. The molecule has 27 heavy (non-hydrogen) atoms. The van der Waals surface area contributed by atoms with Crippen molar-refractivity contribution < 1.29 is 9.53 Å². The summed E-state index contributed by atoms with van der Waals surface area (Å²) in [4.78, 5) is 15.9. The number of nitrogens with zero attached hydrogens (tertiary/aromatic N) is 2. The smallest absolute Gasteiger partial charge is 0.276 e. The van der Waals surface area contributed by atoms with Crippen molar-refractivity contribution >= 4 is 52.5 Å². The summed E-state index contributed by atoms with van der Waals surface area (Å²) in [6.07, 6.45) is 1.79. The number of hydrogen-bond donors (Lipinski definition) is 0. The number of hydrogen-bond acceptors (Lipinski definition) is 3. The number of benzene rings is 2. The molecule has 3 rings (SSSR count). The molecular formula is C20H18Cl2N2O2S. The largest absolute Gasteiger partial charge is 0.488 e. The Labute approximate surface area is 173 Å². The maximum absolute atomic E-state index is 12.6. The van der Waals surface area contributed by atoms with Crippen LogP contribution in [0.3, 0.4) is 0 Å². The predicted molar refractivity (Wildman–Crippen MR) is 113 cm³/mol. The van der Waals surface area contributed by atoms with Crippen molar-refractivity contribution in [2.45, 2.75) is 13.5 Å². The third kappa shape index (κ3) is 4.10. The first kappa shape index (κ1) is 19.7. The molecule has 1 fully saturated rings. The van der Waals surface area contributed by atoms with Gasteiger partial charge in [0.25, 0.3) is 5.91 Å². The standard InChI is InChI=1S/C20H18Cl2N2O2S/c1-3-24-19(25)17(23(2)20(24)27)10-13-6-4-5-7-18(13)26-12-14-8-9-15(21)11-16(14)22/h4-11H,3,12H2,1-2H3. The topological polar surface area (TPSA) is 32.8 Å². The maximum atomic E-state index is 12.6. The monoisotopic (exact) mass is 420 g/mol. The molecular weight excluding hydrogens is 403 g/mol. The van der Waals surface area contributed by atoms with Gasteiger partial charge in [0.1, 0.15) is 18.1 Å². The first-order valence-electron chi connectivity index (χ1n) is 8.39. The summed E-state index contributed by atoms with van der Waals surface area (Å²) in [6.45, 7) is 2.72. The second-order valence-corrected chi connectivity index (χ2v) is 7.19. The van der Waals surface area contributed by atoms with Gasteiger partial charge < -0.3 is 9.64 Å². The molecule has 0 aromatic heterocycles. The lowest BCUT2D eigenvalue weighted by Crippen LogP contribution is -2.30. The fourth-order valence-electron chi connectivity index (χ4n) is 2.76. The van der Waals surface area contributed by atoms with Crippen molar-refractivity contribution in [1.29, 1.82) is 0 Å². The van der Waals surface area contributed by atoms with Crippen molar-refractivity contribution in [3.8, 4) is 5.75 Å². The average molecular weight is 421 g/mol. The van der Waals surface area contributed by atoms with E-state index in [-0.39, 0.29) is 5.91 Å². The molecule has 1 heterocycles. The fourth-order valence-corrected chi connectivity index (χ4v) is 3.54. The number of likely N-dealkylation sites (N-methyl/N-ethyl adjacent to an activating group) is 2. The number of carbonyl (C=O) groups excluding carboxylic acids is 1. The molecule has 0 bridgehead atoms. The van der Waals surface area contributed by atoms with Gasteiger partial charge in [0.05, 0.1) is 0 Å². The molecule has 0 spiro atoms. The lowest BCUT2D eigenvalue weighted by atomic mass is 10.1. The highest BCUT2D eigenvalue weighted by molar-refractivity contribution is 7.80. The predicted octanol–water partition coefficient (Wildman–Crippen LogP) is 4.99. The molecule has 0 unspecified atom stereocenters. The molecule has 7 heteroatoms. The van der Waals surface area contributed by atoms with Gasteiger partial charge in [-0.25, -0.2) is 0 Å². The Balaban J connectivity index is 1.86. The van der Waals surface area contributed by atoms with E-state index in [9.17, 15) is 4.79 Å². The van der Waals surface area contributed by atoms with Gasteiger partial charge in [0.15, 0.2) is 5.11 Å². The SMILES string of the molecule is CCN1C(=O)C(=Cc2ccccc2OCc2ccc(Cl)cc2Cl)N(C)C1=S. The van der Waals surface area contributed by atoms with Crippen LogP contribution in [0.15, 0.2) is 48.2 Å². The van der Waals surface area contributed by atoms with Gasteiger partial charge in [-0.05, 0) is 43.4 Å². The Hall–Kier alpha value is -2.08. The Kier molecular flexibility index (Phi) is 6.05. The minimum absolute atomic E-state index is 0.111. The van der Waals surface area contributed by atoms with E-state index in [1.807, 2.05) is 37.3 Å². The van der Waals surface area contributed by atoms with Crippen LogP contribution in [0, 0.1) is 0 Å². The average Bonchev–Trinajstić information content (AvgIpc) is 2.85. The molecule has 2 aromatic rings. The van der Waals surface area contributed by atoms with Crippen molar-refractivity contribution in [2.75, 3.05) is 13.6 Å². The highest BCUT2D eigenvalue weighted by Gasteiger charge is 2.34. The van der Waals surface area contributed by atoms with Crippen LogP contribution in [-0.2, 0) is 11.4 Å². The second-order valence-electron chi connectivity index (χ2n) is 5.98. The van der Waals surface area contributed by atoms with Gasteiger partial charge in [-0.3, -0.25) is 9.69 Å². The van der Waals surface area contributed by atoms with Gasteiger partial charge in [-0.2, -0.15) is 0 Å². The first-order chi connectivity index (χ1) is 12.9. The maximum Gasteiger partial charge on any atom is 0.276 e. The first-order valence-corrected chi connectivity index (χ1v) is 9.55. The second kappa shape index (κ2) is 8.30. The van der Waals surface area contributed by atoms with Gasteiger partial charge in [0.2, 0.25) is 0 Å². The van der Waals surface area contributed by atoms with Crippen molar-refractivity contribution in [3.63, 3.8) is 0 Å². The van der Waals surface area contributed by atoms with Crippen molar-refractivity contribution in [1.82, 2.24) is 9.80 Å². The molecule has 1 aliphatic heterocycles. The van der Waals surface area contributed by atoms with E-state index in [4.69, 9.17) is 40.2 Å². The third-order valence-corrected chi connectivity index (χ3v) is 5.35. The fraction of sp³-hybridized carbons (Fsp3) is 0.200. The minimum Gasteiger partial charge on any atom is -0.488 e. The number of amides is 1. The summed E-state index contributed by atoms with van der Waals surface area (Å²) in [7, 11) is 1.79. The van der Waals surface area contributed by atoms with Gasteiger partial charge in [-0.15, -0.1) is 0 Å². The van der Waals surface area contributed by atoms with E-state index in [2.05, 4.69) is 0 Å². The molecule has 0 atom stereocenters. The van der Waals surface area contributed by atoms with Crippen LogP contribution in [0.4, 0.5) is 0 Å². The number of halogens is 2. The molecule has 0 saturated carbocycles. The molecule has 0 aliphatic carbocycles. The Morgan fingerprint density at radius 1 is 1.19 bits per heavy atom. The van der Waals surface area contributed by atoms with Crippen molar-refractivity contribution in [2.24, 2.45) is 0 Å². The summed E-state index contributed by atoms with van der Waals surface area (Å²) in [5.74, 6) is 0.540. The molecule has 140 valence electrons. The molecule has 1 aliphatic rings. The van der Waals surface area contributed by atoms with Crippen LogP contribution in [0.2, 0.25) is 10.0 Å². The molecule has 0 radical (unpaired) electrons. The molecule has 0 N–H and O–H groups in total. The van der Waals surface area contributed by atoms with Gasteiger partial charge in [-0.1, -0.05) is 47.5 Å². The summed E-state index contributed by atoms with van der Waals surface area (Å²) in [6, 6.07) is 12.8. The van der Waals surface area contributed by atoms with Crippen LogP contribution < -0.4 is 4.74 Å². The highest BCUT2D eigenvalue weighted by atomic mass is 35.5. The summed E-state index contributed by atoms with van der Waals surface area (Å²) in [5, 5.41) is 1.63. The van der Waals surface area contributed by atoms with E-state index in [0.717, 1.165) is 11.1 Å². The van der Waals surface area contributed by atoms with E-state index >= 15 is 0 Å². The zero-order valence-corrected chi connectivity index (χ0v) is 17.2. The van der Waals surface area contributed by atoms with Crippen LogP contribution in [0.1, 0.15) is 18.1 Å². The Morgan fingerprint density at radius 3 is 2.59 bits per heavy atom. The van der Waals surface area contributed by atoms with Crippen LogP contribution >= 0.6 is 35.4 Å². The molecule has 2 aromatic carbocycles. The number of ether oxygens (including phenoxy) is 1. The highest BCUT2D eigenvalue weighted by Crippen LogP contribution is 2.28. The molecule has 1 saturated heterocycles. The number of carbonyl (C=O) groups is 1. The minimum atomic E-state index is -0.111. The summed E-state index contributed by atoms with van der Waals surface area (Å²) < 4.78 is 5.96. The summed E-state index contributed by atoms with van der Waals surface area (Å²) in [5.41, 5.74) is 2.14. The summed E-state index contributed by atoms with van der Waals surface area (Å²) >= 11 is 17.5. The Morgan fingerprint density at radius 2 is 1.93 bits per heavy atom. The van der Waals surface area contributed by atoms with E-state index < -0.39 is 0 Å². The van der Waals surface area contributed by atoms with Crippen LogP contribution in [0.25, 0.3) is 6.08 Å². The quantitative estimate of drug-likeness (QED) is 0.503. The zero-order chi connectivity index (χ0) is 19.6. The number of para-hydroxylation sites is 1. The van der Waals surface area contributed by atoms with Gasteiger partial charge in [0, 0.05) is 34.8 Å². The Bertz CT molecular complexity index is 930. The lowest BCUT2D eigenvalue weighted by Gasteiger charge is -2.14. The van der Waals surface area contributed by atoms with E-state index in [0.29, 0.717) is 39.8 Å². The number of rotatable bonds is 5. The van der Waals surface area contributed by atoms with E-state index in [1.165, 1.54) is 0 Å². The normalized spacial score (nSPS) is 15.8. The van der Waals surface area contributed by atoms with Crippen molar-refractivity contribution in [3.05, 3.63) is 69.3 Å².